The largest absolute Gasteiger partial charge is 0.357 e. The van der Waals surface area contributed by atoms with Gasteiger partial charge in [0.1, 0.15) is 6.04 Å². The second-order valence-electron chi connectivity index (χ2n) is 4.06. The normalized spacial score (nSPS) is 13.3. The van der Waals surface area contributed by atoms with Gasteiger partial charge >= 0.3 is 0 Å². The maximum Gasteiger partial charge on any atom is 0.242 e. The number of amides is 2. The number of nitrogens with one attached hydrogen (secondary N) is 2. The van der Waals surface area contributed by atoms with Crippen LogP contribution in [0.25, 0.3) is 0 Å². The second-order valence-corrected chi connectivity index (χ2v) is 4.06. The summed E-state index contributed by atoms with van der Waals surface area (Å²) in [5.41, 5.74) is -0.456. The maximum absolute atomic E-state index is 11.4. The van der Waals surface area contributed by atoms with Crippen molar-refractivity contribution in [2.24, 2.45) is 5.41 Å². The van der Waals surface area contributed by atoms with Crippen molar-refractivity contribution in [1.82, 2.24) is 10.6 Å². The van der Waals surface area contributed by atoms with Gasteiger partial charge in [0.2, 0.25) is 11.8 Å². The van der Waals surface area contributed by atoms with Gasteiger partial charge in [-0.1, -0.05) is 20.8 Å². The third-order valence-electron chi connectivity index (χ3n) is 1.67. The van der Waals surface area contributed by atoms with Crippen molar-refractivity contribution in [2.45, 2.75) is 33.7 Å². The third kappa shape index (κ3) is 3.92. The van der Waals surface area contributed by atoms with E-state index in [1.165, 1.54) is 0 Å². The number of rotatable bonds is 2. The Morgan fingerprint density at radius 2 is 1.69 bits per heavy atom. The Labute approximate surface area is 79.1 Å². The average molecular weight is 186 g/mol. The highest BCUT2D eigenvalue weighted by atomic mass is 16.2. The van der Waals surface area contributed by atoms with Crippen LogP contribution in [0.5, 0.6) is 0 Å². The molecule has 0 aliphatic rings. The van der Waals surface area contributed by atoms with Gasteiger partial charge in [0.25, 0.3) is 0 Å². The summed E-state index contributed by atoms with van der Waals surface area (Å²) in [6.45, 7) is 7.07. The monoisotopic (exact) mass is 186 g/mol. The van der Waals surface area contributed by atoms with E-state index < -0.39 is 11.5 Å². The first kappa shape index (κ1) is 11.9. The summed E-state index contributed by atoms with van der Waals surface area (Å²) in [5, 5.41) is 5.09. The molecule has 0 unspecified atom stereocenters. The first-order valence-electron chi connectivity index (χ1n) is 4.31. The molecular weight excluding hydrogens is 168 g/mol. The van der Waals surface area contributed by atoms with Crippen LogP contribution in [0.4, 0.5) is 0 Å². The molecule has 2 amide bonds. The standard InChI is InChI=1S/C9H18N2O2/c1-6(7(12)10-5)11-8(13)9(2,3)4/h6H,1-5H3,(H,10,12)(H,11,13)/t6-/m1/s1. The lowest BCUT2D eigenvalue weighted by Crippen LogP contribution is -2.47. The highest BCUT2D eigenvalue weighted by Crippen LogP contribution is 2.12. The maximum atomic E-state index is 11.4. The van der Waals surface area contributed by atoms with Crippen LogP contribution in [0.2, 0.25) is 0 Å². The fourth-order valence-electron chi connectivity index (χ4n) is 0.695. The lowest BCUT2D eigenvalue weighted by molar-refractivity contribution is -0.133. The van der Waals surface area contributed by atoms with E-state index in [0.717, 1.165) is 0 Å². The van der Waals surface area contributed by atoms with Crippen LogP contribution in [0.1, 0.15) is 27.7 Å². The molecule has 0 radical (unpaired) electrons. The molecule has 0 heterocycles. The van der Waals surface area contributed by atoms with Gasteiger partial charge in [-0.15, -0.1) is 0 Å². The number of hydrogen-bond donors (Lipinski definition) is 2. The smallest absolute Gasteiger partial charge is 0.242 e. The Balaban J connectivity index is 4.15. The number of carbonyl (C=O) groups is 2. The zero-order valence-corrected chi connectivity index (χ0v) is 8.89. The van der Waals surface area contributed by atoms with Gasteiger partial charge in [-0.05, 0) is 6.92 Å². The van der Waals surface area contributed by atoms with Gasteiger partial charge in [-0.3, -0.25) is 9.59 Å². The van der Waals surface area contributed by atoms with E-state index in [4.69, 9.17) is 0 Å². The zero-order chi connectivity index (χ0) is 10.6. The van der Waals surface area contributed by atoms with Gasteiger partial charge in [0, 0.05) is 12.5 Å². The minimum absolute atomic E-state index is 0.122. The summed E-state index contributed by atoms with van der Waals surface area (Å²) in [6, 6.07) is -0.475. The molecule has 0 fully saturated rings. The average Bonchev–Trinajstić information content (AvgIpc) is 2.01. The summed E-state index contributed by atoms with van der Waals surface area (Å²) in [6.07, 6.45) is 0. The van der Waals surface area contributed by atoms with Crippen molar-refractivity contribution in [3.63, 3.8) is 0 Å². The van der Waals surface area contributed by atoms with Crippen LogP contribution in [-0.2, 0) is 9.59 Å². The van der Waals surface area contributed by atoms with Crippen LogP contribution in [0.3, 0.4) is 0 Å². The third-order valence-corrected chi connectivity index (χ3v) is 1.67. The first-order valence-corrected chi connectivity index (χ1v) is 4.31. The van der Waals surface area contributed by atoms with Crippen LogP contribution in [0.15, 0.2) is 0 Å². The summed E-state index contributed by atoms with van der Waals surface area (Å²) in [4.78, 5) is 22.5. The fourth-order valence-corrected chi connectivity index (χ4v) is 0.695. The molecule has 0 saturated heterocycles. The summed E-state index contributed by atoms with van der Waals surface area (Å²) >= 11 is 0. The molecule has 4 heteroatoms. The van der Waals surface area contributed by atoms with Crippen LogP contribution < -0.4 is 10.6 Å². The summed E-state index contributed by atoms with van der Waals surface area (Å²) in [7, 11) is 1.54. The van der Waals surface area contributed by atoms with Gasteiger partial charge in [0.15, 0.2) is 0 Å². The van der Waals surface area contributed by atoms with Crippen molar-refractivity contribution in [2.75, 3.05) is 7.05 Å². The highest BCUT2D eigenvalue weighted by Gasteiger charge is 2.24. The van der Waals surface area contributed by atoms with Crippen molar-refractivity contribution in [3.05, 3.63) is 0 Å². The van der Waals surface area contributed by atoms with E-state index in [2.05, 4.69) is 10.6 Å². The lowest BCUT2D eigenvalue weighted by atomic mass is 9.95. The number of hydrogen-bond acceptors (Lipinski definition) is 2. The van der Waals surface area contributed by atoms with Gasteiger partial charge in [0.05, 0.1) is 0 Å². The molecule has 1 atom stereocenters. The molecule has 13 heavy (non-hydrogen) atoms. The first-order chi connectivity index (χ1) is 5.79. The number of carbonyl (C=O) groups excluding carboxylic acids is 2. The summed E-state index contributed by atoms with van der Waals surface area (Å²) < 4.78 is 0. The topological polar surface area (TPSA) is 58.2 Å². The SMILES string of the molecule is CNC(=O)[C@@H](C)NC(=O)C(C)(C)C. The molecule has 0 aliphatic carbocycles. The fraction of sp³-hybridized carbons (Fsp3) is 0.778. The molecule has 0 aromatic heterocycles. The van der Waals surface area contributed by atoms with Crippen molar-refractivity contribution in [3.8, 4) is 0 Å². The van der Waals surface area contributed by atoms with Gasteiger partial charge in [-0.25, -0.2) is 0 Å². The van der Waals surface area contributed by atoms with E-state index >= 15 is 0 Å². The van der Waals surface area contributed by atoms with E-state index in [1.54, 1.807) is 34.7 Å². The Hall–Kier alpha value is -1.06. The van der Waals surface area contributed by atoms with Crippen LogP contribution in [-0.4, -0.2) is 24.9 Å². The molecule has 0 aromatic carbocycles. The van der Waals surface area contributed by atoms with Crippen LogP contribution >= 0.6 is 0 Å². The molecular formula is C9H18N2O2. The Morgan fingerprint density at radius 1 is 1.23 bits per heavy atom. The molecule has 2 N–H and O–H groups in total. The highest BCUT2D eigenvalue weighted by molar-refractivity contribution is 5.89. The van der Waals surface area contributed by atoms with Crippen molar-refractivity contribution in [1.29, 1.82) is 0 Å². The lowest BCUT2D eigenvalue weighted by Gasteiger charge is -2.20. The Kier molecular flexibility index (Phi) is 3.91. The zero-order valence-electron chi connectivity index (χ0n) is 8.89. The van der Waals surface area contributed by atoms with Gasteiger partial charge in [-0.2, -0.15) is 0 Å². The Bertz CT molecular complexity index is 206. The molecule has 0 saturated carbocycles. The molecule has 76 valence electrons. The van der Waals surface area contributed by atoms with E-state index in [1.807, 2.05) is 0 Å². The molecule has 0 spiro atoms. The summed E-state index contributed by atoms with van der Waals surface area (Å²) in [5.74, 6) is -0.304. The molecule has 0 bridgehead atoms. The quantitative estimate of drug-likeness (QED) is 0.651. The van der Waals surface area contributed by atoms with Crippen LogP contribution in [0, 0.1) is 5.41 Å². The van der Waals surface area contributed by atoms with E-state index in [0.29, 0.717) is 0 Å². The predicted octanol–water partition coefficient (Wildman–Crippen LogP) is 0.283. The molecule has 0 aliphatic heterocycles. The van der Waals surface area contributed by atoms with Crippen molar-refractivity contribution < 1.29 is 9.59 Å². The number of likely N-dealkylation sites (N-methyl/N-ethyl adjacent to an activating group) is 1. The van der Waals surface area contributed by atoms with Gasteiger partial charge < -0.3 is 10.6 Å². The van der Waals surface area contributed by atoms with E-state index in [9.17, 15) is 9.59 Å². The van der Waals surface area contributed by atoms with Crippen molar-refractivity contribution >= 4 is 11.8 Å². The molecule has 0 aromatic rings. The molecule has 0 rings (SSSR count). The molecule has 4 nitrogen and oxygen atoms in total. The van der Waals surface area contributed by atoms with E-state index in [-0.39, 0.29) is 11.8 Å². The minimum Gasteiger partial charge on any atom is -0.357 e. The second kappa shape index (κ2) is 4.25. The predicted molar refractivity (Wildman–Crippen MR) is 51.1 cm³/mol. The Morgan fingerprint density at radius 3 is 2.00 bits per heavy atom. The minimum atomic E-state index is -0.475.